The van der Waals surface area contributed by atoms with Gasteiger partial charge in [-0.3, -0.25) is 20.4 Å². The van der Waals surface area contributed by atoms with E-state index in [0.29, 0.717) is 10.7 Å². The van der Waals surface area contributed by atoms with Gasteiger partial charge in [0.1, 0.15) is 5.82 Å². The average molecular weight is 373 g/mol. The van der Waals surface area contributed by atoms with Crippen LogP contribution in [-0.4, -0.2) is 21.6 Å². The number of nitrogens with zero attached hydrogens (tertiary/aromatic N) is 2. The number of halogens is 2. The fourth-order valence-electron chi connectivity index (χ4n) is 2.21. The predicted molar refractivity (Wildman–Crippen MR) is 94.3 cm³/mol. The first kappa shape index (κ1) is 17.6. The molecule has 2 aromatic carbocycles. The van der Waals surface area contributed by atoms with Crippen LogP contribution >= 0.6 is 11.6 Å². The van der Waals surface area contributed by atoms with E-state index in [0.717, 1.165) is 5.56 Å². The first-order valence-corrected chi connectivity index (χ1v) is 8.04. The van der Waals surface area contributed by atoms with Crippen molar-refractivity contribution in [2.45, 2.75) is 6.42 Å². The summed E-state index contributed by atoms with van der Waals surface area (Å²) in [6, 6.07) is 14.0. The summed E-state index contributed by atoms with van der Waals surface area (Å²) < 4.78 is 14.4. The van der Waals surface area contributed by atoms with Gasteiger partial charge in [-0.25, -0.2) is 9.07 Å². The quantitative estimate of drug-likeness (QED) is 0.691. The van der Waals surface area contributed by atoms with Crippen LogP contribution in [0.1, 0.15) is 16.1 Å². The second-order valence-electron chi connectivity index (χ2n) is 5.43. The van der Waals surface area contributed by atoms with E-state index in [1.807, 2.05) is 0 Å². The van der Waals surface area contributed by atoms with Crippen molar-refractivity contribution in [1.29, 1.82) is 0 Å². The largest absolute Gasteiger partial charge is 0.290 e. The van der Waals surface area contributed by atoms with Gasteiger partial charge in [0.2, 0.25) is 5.91 Å². The van der Waals surface area contributed by atoms with E-state index in [1.165, 1.54) is 35.0 Å². The molecule has 132 valence electrons. The number of carbonyl (C=O) groups excluding carboxylic acids is 2. The van der Waals surface area contributed by atoms with Crippen LogP contribution in [0.4, 0.5) is 4.39 Å². The molecular formula is C18H14ClFN4O2. The molecule has 0 fully saturated rings. The highest BCUT2D eigenvalue weighted by Crippen LogP contribution is 2.10. The van der Waals surface area contributed by atoms with E-state index in [4.69, 9.17) is 11.6 Å². The topological polar surface area (TPSA) is 76.0 Å². The van der Waals surface area contributed by atoms with Crippen molar-refractivity contribution >= 4 is 23.4 Å². The van der Waals surface area contributed by atoms with Crippen molar-refractivity contribution < 1.29 is 14.0 Å². The lowest BCUT2D eigenvalue weighted by atomic mass is 10.1. The first-order valence-electron chi connectivity index (χ1n) is 7.66. The summed E-state index contributed by atoms with van der Waals surface area (Å²) in [5.74, 6) is -1.30. The van der Waals surface area contributed by atoms with Gasteiger partial charge < -0.3 is 0 Å². The van der Waals surface area contributed by atoms with Crippen LogP contribution in [0.5, 0.6) is 0 Å². The number of benzene rings is 2. The SMILES string of the molecule is O=C(Cc1ccc(Cl)cc1)NNC(=O)c1ccn(-c2ccc(F)cc2)n1. The molecule has 3 rings (SSSR count). The maximum atomic E-state index is 12.9. The van der Waals surface area contributed by atoms with Gasteiger partial charge in [0.05, 0.1) is 12.1 Å². The summed E-state index contributed by atoms with van der Waals surface area (Å²) in [7, 11) is 0. The lowest BCUT2D eigenvalue weighted by Gasteiger charge is -2.06. The molecule has 0 spiro atoms. The summed E-state index contributed by atoms with van der Waals surface area (Å²) in [6.45, 7) is 0. The van der Waals surface area contributed by atoms with Crippen molar-refractivity contribution in [3.8, 4) is 5.69 Å². The zero-order valence-electron chi connectivity index (χ0n) is 13.4. The van der Waals surface area contributed by atoms with Gasteiger partial charge in [-0.2, -0.15) is 5.10 Å². The number of hydrogen-bond donors (Lipinski definition) is 2. The van der Waals surface area contributed by atoms with Crippen LogP contribution in [0, 0.1) is 5.82 Å². The predicted octanol–water partition coefficient (Wildman–Crippen LogP) is 2.67. The number of aromatic nitrogens is 2. The molecule has 26 heavy (non-hydrogen) atoms. The second-order valence-corrected chi connectivity index (χ2v) is 5.86. The van der Waals surface area contributed by atoms with Gasteiger partial charge in [-0.1, -0.05) is 23.7 Å². The number of carbonyl (C=O) groups is 2. The van der Waals surface area contributed by atoms with E-state index in [-0.39, 0.29) is 23.8 Å². The highest BCUT2D eigenvalue weighted by atomic mass is 35.5. The fourth-order valence-corrected chi connectivity index (χ4v) is 2.33. The Morgan fingerprint density at radius 1 is 1.00 bits per heavy atom. The molecule has 0 saturated heterocycles. The maximum absolute atomic E-state index is 12.9. The molecule has 1 heterocycles. The summed E-state index contributed by atoms with van der Waals surface area (Å²) >= 11 is 5.79. The Morgan fingerprint density at radius 3 is 2.38 bits per heavy atom. The minimum atomic E-state index is -0.560. The van der Waals surface area contributed by atoms with Gasteiger partial charge in [0.15, 0.2) is 5.69 Å². The number of hydrogen-bond acceptors (Lipinski definition) is 3. The van der Waals surface area contributed by atoms with Crippen LogP contribution < -0.4 is 10.9 Å². The molecule has 6 nitrogen and oxygen atoms in total. The Morgan fingerprint density at radius 2 is 1.69 bits per heavy atom. The number of amides is 2. The van der Waals surface area contributed by atoms with E-state index in [9.17, 15) is 14.0 Å². The van der Waals surface area contributed by atoms with Gasteiger partial charge in [-0.05, 0) is 48.0 Å². The zero-order valence-corrected chi connectivity index (χ0v) is 14.2. The molecule has 0 saturated carbocycles. The normalized spacial score (nSPS) is 10.4. The van der Waals surface area contributed by atoms with Crippen LogP contribution in [0.2, 0.25) is 5.02 Å². The van der Waals surface area contributed by atoms with Gasteiger partial charge >= 0.3 is 0 Å². The van der Waals surface area contributed by atoms with Crippen molar-refractivity contribution in [2.24, 2.45) is 0 Å². The first-order chi connectivity index (χ1) is 12.5. The molecule has 8 heteroatoms. The van der Waals surface area contributed by atoms with E-state index < -0.39 is 5.91 Å². The zero-order chi connectivity index (χ0) is 18.5. The summed E-state index contributed by atoms with van der Waals surface area (Å²) in [5.41, 5.74) is 6.12. The fraction of sp³-hybridized carbons (Fsp3) is 0.0556. The van der Waals surface area contributed by atoms with Crippen LogP contribution in [-0.2, 0) is 11.2 Å². The number of rotatable bonds is 4. The Kier molecular flexibility index (Phi) is 5.28. The van der Waals surface area contributed by atoms with E-state index in [1.54, 1.807) is 30.5 Å². The minimum Gasteiger partial charge on any atom is -0.273 e. The lowest BCUT2D eigenvalue weighted by molar-refractivity contribution is -0.121. The molecule has 2 N–H and O–H groups in total. The third-order valence-corrected chi connectivity index (χ3v) is 3.76. The summed E-state index contributed by atoms with van der Waals surface area (Å²) in [6.07, 6.45) is 1.67. The minimum absolute atomic E-state index is 0.0987. The second kappa shape index (κ2) is 7.79. The summed E-state index contributed by atoms with van der Waals surface area (Å²) in [4.78, 5) is 23.9. The highest BCUT2D eigenvalue weighted by molar-refractivity contribution is 6.30. The third kappa shape index (κ3) is 4.46. The van der Waals surface area contributed by atoms with Crippen molar-refractivity contribution in [1.82, 2.24) is 20.6 Å². The van der Waals surface area contributed by atoms with Crippen LogP contribution in [0.25, 0.3) is 5.69 Å². The van der Waals surface area contributed by atoms with E-state index >= 15 is 0 Å². The molecule has 0 atom stereocenters. The average Bonchev–Trinajstić information content (AvgIpc) is 3.12. The van der Waals surface area contributed by atoms with Gasteiger partial charge in [0.25, 0.3) is 5.91 Å². The molecular weight excluding hydrogens is 359 g/mol. The standard InChI is InChI=1S/C18H14ClFN4O2/c19-13-3-1-12(2-4-13)11-17(25)21-22-18(26)16-9-10-24(23-16)15-7-5-14(20)6-8-15/h1-10H,11H2,(H,21,25)(H,22,26). The number of nitrogens with one attached hydrogen (secondary N) is 2. The number of hydrazine groups is 1. The Balaban J connectivity index is 1.55. The van der Waals surface area contributed by atoms with Crippen molar-refractivity contribution in [3.05, 3.63) is 82.9 Å². The summed E-state index contributed by atoms with van der Waals surface area (Å²) in [5, 5.41) is 4.68. The smallest absolute Gasteiger partial charge is 0.273 e. The Bertz CT molecular complexity index is 923. The molecule has 0 aliphatic carbocycles. The molecule has 0 bridgehead atoms. The molecule has 3 aromatic rings. The van der Waals surface area contributed by atoms with Crippen LogP contribution in [0.3, 0.4) is 0 Å². The van der Waals surface area contributed by atoms with Crippen molar-refractivity contribution in [2.75, 3.05) is 0 Å². The molecule has 0 aliphatic rings. The Hall–Kier alpha value is -3.19. The molecule has 0 radical (unpaired) electrons. The molecule has 0 unspecified atom stereocenters. The van der Waals surface area contributed by atoms with Crippen molar-refractivity contribution in [3.63, 3.8) is 0 Å². The lowest BCUT2D eigenvalue weighted by Crippen LogP contribution is -2.42. The van der Waals surface area contributed by atoms with Gasteiger partial charge in [-0.15, -0.1) is 0 Å². The maximum Gasteiger partial charge on any atom is 0.290 e. The molecule has 1 aromatic heterocycles. The third-order valence-electron chi connectivity index (χ3n) is 3.51. The molecule has 0 aliphatic heterocycles. The monoisotopic (exact) mass is 372 g/mol. The molecule has 2 amide bonds. The highest BCUT2D eigenvalue weighted by Gasteiger charge is 2.11. The van der Waals surface area contributed by atoms with Crippen LogP contribution in [0.15, 0.2) is 60.8 Å². The Labute approximate surface area is 153 Å². The van der Waals surface area contributed by atoms with E-state index in [2.05, 4.69) is 16.0 Å². The van der Waals surface area contributed by atoms with Gasteiger partial charge in [0, 0.05) is 11.2 Å².